The highest BCUT2D eigenvalue weighted by Crippen LogP contribution is 2.24. The molecular weight excluding hydrogens is 282 g/mol. The summed E-state index contributed by atoms with van der Waals surface area (Å²) < 4.78 is 10.6. The molecule has 1 atom stereocenters. The fraction of sp³-hybridized carbons (Fsp3) is 0.438. The van der Waals surface area contributed by atoms with Crippen molar-refractivity contribution < 1.29 is 14.1 Å². The van der Waals surface area contributed by atoms with E-state index in [1.54, 1.807) is 0 Å². The summed E-state index contributed by atoms with van der Waals surface area (Å²) in [5, 5.41) is 4.03. The summed E-state index contributed by atoms with van der Waals surface area (Å²) in [6, 6.07) is 7.73. The molecular formula is C16H17N3O3. The SMILES string of the molecule is O=C1c2ccccc2CN1CCc1nc([C@H]2CCOC2)no1. The highest BCUT2D eigenvalue weighted by molar-refractivity contribution is 5.98. The second-order valence-electron chi connectivity index (χ2n) is 5.74. The van der Waals surface area contributed by atoms with E-state index in [1.807, 2.05) is 29.2 Å². The lowest BCUT2D eigenvalue weighted by Crippen LogP contribution is -2.26. The van der Waals surface area contributed by atoms with Crippen LogP contribution in [-0.2, 0) is 17.7 Å². The first-order chi connectivity index (χ1) is 10.8. The van der Waals surface area contributed by atoms with Gasteiger partial charge in [-0.05, 0) is 18.1 Å². The monoisotopic (exact) mass is 299 g/mol. The zero-order chi connectivity index (χ0) is 14.9. The fourth-order valence-electron chi connectivity index (χ4n) is 3.00. The van der Waals surface area contributed by atoms with Crippen LogP contribution < -0.4 is 0 Å². The van der Waals surface area contributed by atoms with Gasteiger partial charge in [0.15, 0.2) is 5.82 Å². The van der Waals surface area contributed by atoms with E-state index in [-0.39, 0.29) is 11.8 Å². The van der Waals surface area contributed by atoms with Crippen molar-refractivity contribution >= 4 is 5.91 Å². The van der Waals surface area contributed by atoms with Crippen molar-refractivity contribution in [2.75, 3.05) is 19.8 Å². The van der Waals surface area contributed by atoms with Crippen LogP contribution in [0.5, 0.6) is 0 Å². The molecule has 0 saturated carbocycles. The Hall–Kier alpha value is -2.21. The summed E-state index contributed by atoms with van der Waals surface area (Å²) in [5.74, 6) is 1.64. The van der Waals surface area contributed by atoms with E-state index >= 15 is 0 Å². The second kappa shape index (κ2) is 5.53. The maximum Gasteiger partial charge on any atom is 0.254 e. The molecule has 1 aromatic carbocycles. The second-order valence-corrected chi connectivity index (χ2v) is 5.74. The predicted molar refractivity (Wildman–Crippen MR) is 77.4 cm³/mol. The lowest BCUT2D eigenvalue weighted by Gasteiger charge is -2.13. The van der Waals surface area contributed by atoms with Crippen molar-refractivity contribution in [1.29, 1.82) is 0 Å². The molecule has 2 aliphatic rings. The smallest absolute Gasteiger partial charge is 0.254 e. The van der Waals surface area contributed by atoms with Crippen molar-refractivity contribution in [2.24, 2.45) is 0 Å². The molecule has 6 heteroatoms. The highest BCUT2D eigenvalue weighted by atomic mass is 16.5. The van der Waals surface area contributed by atoms with Gasteiger partial charge in [-0.1, -0.05) is 23.4 Å². The van der Waals surface area contributed by atoms with Crippen LogP contribution in [0.1, 0.15) is 40.0 Å². The van der Waals surface area contributed by atoms with Crippen molar-refractivity contribution in [3.05, 3.63) is 47.1 Å². The van der Waals surface area contributed by atoms with Gasteiger partial charge in [0, 0.05) is 37.6 Å². The van der Waals surface area contributed by atoms with Gasteiger partial charge in [0.05, 0.1) is 6.61 Å². The number of hydrogen-bond donors (Lipinski definition) is 0. The molecule has 4 rings (SSSR count). The Balaban J connectivity index is 1.39. The summed E-state index contributed by atoms with van der Waals surface area (Å²) in [7, 11) is 0. The Morgan fingerprint density at radius 3 is 3.05 bits per heavy atom. The predicted octanol–water partition coefficient (Wildman–Crippen LogP) is 1.77. The van der Waals surface area contributed by atoms with Gasteiger partial charge < -0.3 is 14.2 Å². The largest absolute Gasteiger partial charge is 0.381 e. The third-order valence-electron chi connectivity index (χ3n) is 4.27. The number of ether oxygens (including phenoxy) is 1. The maximum absolute atomic E-state index is 12.3. The van der Waals surface area contributed by atoms with Gasteiger partial charge in [0.1, 0.15) is 0 Å². The molecule has 22 heavy (non-hydrogen) atoms. The quantitative estimate of drug-likeness (QED) is 0.860. The summed E-state index contributed by atoms with van der Waals surface area (Å²) in [5.41, 5.74) is 1.89. The first kappa shape index (κ1) is 13.5. The number of carbonyl (C=O) groups excluding carboxylic acids is 1. The van der Waals surface area contributed by atoms with Gasteiger partial charge >= 0.3 is 0 Å². The molecule has 3 heterocycles. The number of rotatable bonds is 4. The molecule has 1 saturated heterocycles. The minimum atomic E-state index is 0.0829. The van der Waals surface area contributed by atoms with E-state index in [4.69, 9.17) is 9.26 Å². The first-order valence-corrected chi connectivity index (χ1v) is 7.58. The lowest BCUT2D eigenvalue weighted by atomic mass is 10.1. The van der Waals surface area contributed by atoms with E-state index in [2.05, 4.69) is 10.1 Å². The molecule has 1 aromatic heterocycles. The van der Waals surface area contributed by atoms with Crippen molar-refractivity contribution in [1.82, 2.24) is 15.0 Å². The fourth-order valence-corrected chi connectivity index (χ4v) is 3.00. The molecule has 0 unspecified atom stereocenters. The Kier molecular flexibility index (Phi) is 3.38. The zero-order valence-corrected chi connectivity index (χ0v) is 12.2. The summed E-state index contributed by atoms with van der Waals surface area (Å²) >= 11 is 0. The van der Waals surface area contributed by atoms with Crippen LogP contribution in [0, 0.1) is 0 Å². The minimum absolute atomic E-state index is 0.0829. The Labute approximate surface area is 128 Å². The van der Waals surface area contributed by atoms with Crippen molar-refractivity contribution in [3.8, 4) is 0 Å². The summed E-state index contributed by atoms with van der Waals surface area (Å²) in [4.78, 5) is 18.5. The number of carbonyl (C=O) groups is 1. The van der Waals surface area contributed by atoms with E-state index in [0.717, 1.165) is 30.0 Å². The number of benzene rings is 1. The topological polar surface area (TPSA) is 68.5 Å². The van der Waals surface area contributed by atoms with Crippen molar-refractivity contribution in [2.45, 2.75) is 25.3 Å². The van der Waals surface area contributed by atoms with Crippen LogP contribution in [0.3, 0.4) is 0 Å². The van der Waals surface area contributed by atoms with Gasteiger partial charge in [0.2, 0.25) is 5.89 Å². The number of aromatic nitrogens is 2. The average molecular weight is 299 g/mol. The van der Waals surface area contributed by atoms with Gasteiger partial charge in [-0.3, -0.25) is 4.79 Å². The number of nitrogens with zero attached hydrogens (tertiary/aromatic N) is 3. The average Bonchev–Trinajstić information content (AvgIpc) is 3.26. The van der Waals surface area contributed by atoms with Crippen LogP contribution in [0.2, 0.25) is 0 Å². The summed E-state index contributed by atoms with van der Waals surface area (Å²) in [6.45, 7) is 2.68. The molecule has 114 valence electrons. The molecule has 0 N–H and O–H groups in total. The lowest BCUT2D eigenvalue weighted by molar-refractivity contribution is 0.0777. The highest BCUT2D eigenvalue weighted by Gasteiger charge is 2.27. The van der Waals surface area contributed by atoms with Gasteiger partial charge in [-0.15, -0.1) is 0 Å². The molecule has 6 nitrogen and oxygen atoms in total. The zero-order valence-electron chi connectivity index (χ0n) is 12.2. The standard InChI is InChI=1S/C16H17N3O3/c20-16-13-4-2-1-3-11(13)9-19(16)7-5-14-17-15(18-22-14)12-6-8-21-10-12/h1-4,12H,5-10H2/t12-/m0/s1. The molecule has 1 amide bonds. The van der Waals surface area contributed by atoms with E-state index in [9.17, 15) is 4.79 Å². The van der Waals surface area contributed by atoms with Crippen molar-refractivity contribution in [3.63, 3.8) is 0 Å². The van der Waals surface area contributed by atoms with Gasteiger partial charge in [-0.25, -0.2) is 0 Å². The van der Waals surface area contributed by atoms with Crippen LogP contribution in [0.25, 0.3) is 0 Å². The molecule has 0 radical (unpaired) electrons. The normalized spacial score (nSPS) is 20.6. The van der Waals surface area contributed by atoms with Crippen LogP contribution in [-0.4, -0.2) is 40.7 Å². The Bertz CT molecular complexity index is 691. The number of amides is 1. The molecule has 0 aliphatic carbocycles. The number of fused-ring (bicyclic) bond motifs is 1. The minimum Gasteiger partial charge on any atom is -0.381 e. The third kappa shape index (κ3) is 2.39. The van der Waals surface area contributed by atoms with Crippen LogP contribution in [0.4, 0.5) is 0 Å². The number of hydrogen-bond acceptors (Lipinski definition) is 5. The molecule has 1 fully saturated rings. The van der Waals surface area contributed by atoms with Crippen LogP contribution >= 0.6 is 0 Å². The van der Waals surface area contributed by atoms with E-state index < -0.39 is 0 Å². The molecule has 0 spiro atoms. The third-order valence-corrected chi connectivity index (χ3v) is 4.27. The Morgan fingerprint density at radius 1 is 1.32 bits per heavy atom. The first-order valence-electron chi connectivity index (χ1n) is 7.58. The Morgan fingerprint density at radius 2 is 2.23 bits per heavy atom. The van der Waals surface area contributed by atoms with E-state index in [1.165, 1.54) is 0 Å². The maximum atomic E-state index is 12.3. The molecule has 0 bridgehead atoms. The molecule has 2 aromatic rings. The molecule has 2 aliphatic heterocycles. The van der Waals surface area contributed by atoms with Crippen LogP contribution in [0.15, 0.2) is 28.8 Å². The van der Waals surface area contributed by atoms with Gasteiger partial charge in [0.25, 0.3) is 5.91 Å². The van der Waals surface area contributed by atoms with E-state index in [0.29, 0.717) is 32.0 Å². The van der Waals surface area contributed by atoms with Gasteiger partial charge in [-0.2, -0.15) is 4.98 Å². The summed E-state index contributed by atoms with van der Waals surface area (Å²) in [6.07, 6.45) is 1.53.